The van der Waals surface area contributed by atoms with E-state index in [4.69, 9.17) is 4.74 Å². The molecule has 0 saturated carbocycles. The number of nitrogens with one attached hydrogen (secondary N) is 1. The standard InChI is InChI=1S/C19H22N2O3S/c1-14-6-8-15(9-7-14)24-12-10-20-18(22)16-4-2-11-21(16)19(23)17-5-3-13-25-17/h3,5-9,13,16H,2,4,10-12H2,1H3,(H,20,22)/t16-/m0/s1. The van der Waals surface area contributed by atoms with Gasteiger partial charge in [-0.1, -0.05) is 23.8 Å². The Morgan fingerprint density at radius 3 is 2.80 bits per heavy atom. The zero-order chi connectivity index (χ0) is 17.6. The van der Waals surface area contributed by atoms with Crippen LogP contribution in [-0.2, 0) is 4.79 Å². The smallest absolute Gasteiger partial charge is 0.264 e. The van der Waals surface area contributed by atoms with Gasteiger partial charge in [-0.3, -0.25) is 9.59 Å². The molecule has 1 aromatic heterocycles. The summed E-state index contributed by atoms with van der Waals surface area (Å²) in [6.07, 6.45) is 1.57. The summed E-state index contributed by atoms with van der Waals surface area (Å²) in [4.78, 5) is 27.3. The fourth-order valence-corrected chi connectivity index (χ4v) is 3.60. The number of nitrogens with zero attached hydrogens (tertiary/aromatic N) is 1. The van der Waals surface area contributed by atoms with Crippen molar-refractivity contribution in [1.82, 2.24) is 10.2 Å². The van der Waals surface area contributed by atoms with Gasteiger partial charge in [0, 0.05) is 6.54 Å². The lowest BCUT2D eigenvalue weighted by Crippen LogP contribution is -2.46. The minimum absolute atomic E-state index is 0.0523. The van der Waals surface area contributed by atoms with Gasteiger partial charge in [0.05, 0.1) is 11.4 Å². The van der Waals surface area contributed by atoms with Crippen molar-refractivity contribution < 1.29 is 14.3 Å². The summed E-state index contributed by atoms with van der Waals surface area (Å²) >= 11 is 1.41. The van der Waals surface area contributed by atoms with Gasteiger partial charge in [-0.15, -0.1) is 11.3 Å². The number of carbonyl (C=O) groups excluding carboxylic acids is 2. The van der Waals surface area contributed by atoms with Crippen LogP contribution in [0.2, 0.25) is 0 Å². The molecular formula is C19H22N2O3S. The number of ether oxygens (including phenoxy) is 1. The summed E-state index contributed by atoms with van der Waals surface area (Å²) in [5.41, 5.74) is 1.18. The first kappa shape index (κ1) is 17.5. The molecule has 5 nitrogen and oxygen atoms in total. The maximum absolute atomic E-state index is 12.5. The van der Waals surface area contributed by atoms with E-state index in [1.165, 1.54) is 16.9 Å². The van der Waals surface area contributed by atoms with Gasteiger partial charge >= 0.3 is 0 Å². The highest BCUT2D eigenvalue weighted by Gasteiger charge is 2.34. The van der Waals surface area contributed by atoms with Gasteiger partial charge in [0.2, 0.25) is 5.91 Å². The highest BCUT2D eigenvalue weighted by atomic mass is 32.1. The van der Waals surface area contributed by atoms with Gasteiger partial charge in [0.1, 0.15) is 18.4 Å². The molecule has 2 aromatic rings. The number of likely N-dealkylation sites (tertiary alicyclic amines) is 1. The van der Waals surface area contributed by atoms with Crippen molar-refractivity contribution in [3.05, 3.63) is 52.2 Å². The number of amides is 2. The van der Waals surface area contributed by atoms with Crippen molar-refractivity contribution in [1.29, 1.82) is 0 Å². The van der Waals surface area contributed by atoms with Gasteiger partial charge in [0.25, 0.3) is 5.91 Å². The Bertz CT molecular complexity index is 713. The molecule has 2 amide bonds. The van der Waals surface area contributed by atoms with Gasteiger partial charge < -0.3 is 15.0 Å². The average molecular weight is 358 g/mol. The molecule has 0 aliphatic carbocycles. The van der Waals surface area contributed by atoms with Gasteiger partial charge in [-0.05, 0) is 43.3 Å². The van der Waals surface area contributed by atoms with Crippen LogP contribution >= 0.6 is 11.3 Å². The number of hydrogen-bond donors (Lipinski definition) is 1. The van der Waals surface area contributed by atoms with E-state index in [2.05, 4.69) is 5.32 Å². The molecule has 1 fully saturated rings. The molecule has 3 rings (SSSR count). The highest BCUT2D eigenvalue weighted by Crippen LogP contribution is 2.22. The van der Waals surface area contributed by atoms with Crippen molar-refractivity contribution in [2.24, 2.45) is 0 Å². The molecule has 1 saturated heterocycles. The second-order valence-electron chi connectivity index (χ2n) is 6.09. The third-order valence-corrected chi connectivity index (χ3v) is 5.10. The lowest BCUT2D eigenvalue weighted by Gasteiger charge is -2.23. The summed E-state index contributed by atoms with van der Waals surface area (Å²) in [6.45, 7) is 3.48. The Labute approximate surface area is 151 Å². The second kappa shape index (κ2) is 8.16. The molecule has 2 heterocycles. The molecule has 1 aliphatic heterocycles. The Balaban J connectivity index is 1.47. The van der Waals surface area contributed by atoms with E-state index in [1.807, 2.05) is 42.6 Å². The minimum atomic E-state index is -0.381. The Morgan fingerprint density at radius 1 is 1.28 bits per heavy atom. The largest absolute Gasteiger partial charge is 0.492 e. The fourth-order valence-electron chi connectivity index (χ4n) is 2.92. The molecule has 1 aliphatic rings. The normalized spacial score (nSPS) is 16.7. The number of aryl methyl sites for hydroxylation is 1. The van der Waals surface area contributed by atoms with E-state index in [0.29, 0.717) is 31.0 Å². The van der Waals surface area contributed by atoms with Crippen molar-refractivity contribution in [2.75, 3.05) is 19.7 Å². The van der Waals surface area contributed by atoms with Gasteiger partial charge in [-0.2, -0.15) is 0 Å². The van der Waals surface area contributed by atoms with E-state index in [1.54, 1.807) is 11.0 Å². The van der Waals surface area contributed by atoms with Crippen molar-refractivity contribution in [3.8, 4) is 5.75 Å². The van der Waals surface area contributed by atoms with Crippen LogP contribution in [0.4, 0.5) is 0 Å². The molecular weight excluding hydrogens is 336 g/mol. The molecule has 25 heavy (non-hydrogen) atoms. The van der Waals surface area contributed by atoms with E-state index < -0.39 is 0 Å². The monoisotopic (exact) mass is 358 g/mol. The molecule has 132 valence electrons. The Kier molecular flexibility index (Phi) is 5.71. The molecule has 0 radical (unpaired) electrons. The van der Waals surface area contributed by atoms with Crippen molar-refractivity contribution in [2.45, 2.75) is 25.8 Å². The van der Waals surface area contributed by atoms with Gasteiger partial charge in [-0.25, -0.2) is 0 Å². The minimum Gasteiger partial charge on any atom is -0.492 e. The van der Waals surface area contributed by atoms with Crippen LogP contribution in [0.3, 0.4) is 0 Å². The SMILES string of the molecule is Cc1ccc(OCCNC(=O)[C@@H]2CCCN2C(=O)c2cccs2)cc1. The highest BCUT2D eigenvalue weighted by molar-refractivity contribution is 7.12. The number of hydrogen-bond acceptors (Lipinski definition) is 4. The predicted molar refractivity (Wildman–Crippen MR) is 98.1 cm³/mol. The van der Waals surface area contributed by atoms with E-state index in [-0.39, 0.29) is 17.9 Å². The predicted octanol–water partition coefficient (Wildman–Crippen LogP) is 2.86. The maximum Gasteiger partial charge on any atom is 0.264 e. The van der Waals surface area contributed by atoms with Crippen LogP contribution in [0.25, 0.3) is 0 Å². The molecule has 1 atom stereocenters. The van der Waals surface area contributed by atoms with Crippen LogP contribution in [0.5, 0.6) is 5.75 Å². The number of carbonyl (C=O) groups is 2. The third kappa shape index (κ3) is 4.39. The molecule has 6 heteroatoms. The summed E-state index contributed by atoms with van der Waals surface area (Å²) in [7, 11) is 0. The van der Waals surface area contributed by atoms with Crippen LogP contribution in [0.1, 0.15) is 28.1 Å². The lowest BCUT2D eigenvalue weighted by atomic mass is 10.2. The zero-order valence-corrected chi connectivity index (χ0v) is 15.1. The Hall–Kier alpha value is -2.34. The van der Waals surface area contributed by atoms with Crippen LogP contribution < -0.4 is 10.1 Å². The molecule has 0 bridgehead atoms. The molecule has 0 spiro atoms. The maximum atomic E-state index is 12.5. The van der Waals surface area contributed by atoms with Crippen molar-refractivity contribution in [3.63, 3.8) is 0 Å². The van der Waals surface area contributed by atoms with E-state index in [0.717, 1.165) is 12.2 Å². The van der Waals surface area contributed by atoms with Crippen molar-refractivity contribution >= 4 is 23.2 Å². The topological polar surface area (TPSA) is 58.6 Å². The van der Waals surface area contributed by atoms with Crippen LogP contribution in [0.15, 0.2) is 41.8 Å². The molecule has 0 unspecified atom stereocenters. The average Bonchev–Trinajstić information content (AvgIpc) is 3.31. The van der Waals surface area contributed by atoms with E-state index >= 15 is 0 Å². The molecule has 1 N–H and O–H groups in total. The Morgan fingerprint density at radius 2 is 2.08 bits per heavy atom. The van der Waals surface area contributed by atoms with Crippen LogP contribution in [-0.4, -0.2) is 42.5 Å². The first-order chi connectivity index (χ1) is 12.1. The third-order valence-electron chi connectivity index (χ3n) is 4.24. The first-order valence-corrected chi connectivity index (χ1v) is 9.35. The summed E-state index contributed by atoms with van der Waals surface area (Å²) in [5, 5.41) is 4.76. The van der Waals surface area contributed by atoms with Crippen LogP contribution in [0, 0.1) is 6.92 Å². The summed E-state index contributed by atoms with van der Waals surface area (Å²) < 4.78 is 5.61. The van der Waals surface area contributed by atoms with Gasteiger partial charge in [0.15, 0.2) is 0 Å². The summed E-state index contributed by atoms with van der Waals surface area (Å²) in [6, 6.07) is 11.1. The zero-order valence-electron chi connectivity index (χ0n) is 14.2. The quantitative estimate of drug-likeness (QED) is 0.808. The molecule has 1 aromatic carbocycles. The second-order valence-corrected chi connectivity index (χ2v) is 7.03. The number of benzene rings is 1. The summed E-state index contributed by atoms with van der Waals surface area (Å²) in [5.74, 6) is 0.633. The number of rotatable bonds is 6. The number of thiophene rings is 1. The lowest BCUT2D eigenvalue weighted by molar-refractivity contribution is -0.124. The fraction of sp³-hybridized carbons (Fsp3) is 0.368. The first-order valence-electron chi connectivity index (χ1n) is 8.47. The van der Waals surface area contributed by atoms with E-state index in [9.17, 15) is 9.59 Å².